The minimum Gasteiger partial charge on any atom is -0.496 e. The lowest BCUT2D eigenvalue weighted by Crippen LogP contribution is -2.21. The normalized spacial score (nSPS) is 18.2. The van der Waals surface area contributed by atoms with Gasteiger partial charge in [-0.2, -0.15) is 0 Å². The highest BCUT2D eigenvalue weighted by Gasteiger charge is 2.21. The number of ketones is 1. The number of carbonyl (C=O) groups excluding carboxylic acids is 1. The Morgan fingerprint density at radius 3 is 2.55 bits per heavy atom. The van der Waals surface area contributed by atoms with E-state index < -0.39 is 0 Å². The molecule has 3 heteroatoms. The predicted molar refractivity (Wildman–Crippen MR) is 88.9 cm³/mol. The third kappa shape index (κ3) is 3.35. The van der Waals surface area contributed by atoms with E-state index in [4.69, 9.17) is 4.74 Å². The van der Waals surface area contributed by atoms with E-state index in [2.05, 4.69) is 4.90 Å². The number of hydrogen-bond acceptors (Lipinski definition) is 3. The van der Waals surface area contributed by atoms with Crippen LogP contribution in [-0.4, -0.2) is 37.4 Å². The van der Waals surface area contributed by atoms with Crippen molar-refractivity contribution in [1.29, 1.82) is 0 Å². The smallest absolute Gasteiger partial charge is 0.163 e. The number of carbonyl (C=O) groups is 1. The molecular formula is C19H27NO2. The van der Waals surface area contributed by atoms with Crippen LogP contribution in [-0.2, 0) is 12.8 Å². The maximum absolute atomic E-state index is 12.6. The zero-order chi connectivity index (χ0) is 15.4. The molecule has 1 aromatic rings. The molecule has 0 spiro atoms. The predicted octanol–water partition coefficient (Wildman–Crippen LogP) is 3.63. The number of fused-ring (bicyclic) bond motifs is 1. The van der Waals surface area contributed by atoms with Crippen LogP contribution in [0.5, 0.6) is 5.75 Å². The van der Waals surface area contributed by atoms with Crippen molar-refractivity contribution < 1.29 is 9.53 Å². The van der Waals surface area contributed by atoms with Crippen molar-refractivity contribution in [3.05, 3.63) is 28.8 Å². The number of rotatable bonds is 6. The Kier molecular flexibility index (Phi) is 5.14. The van der Waals surface area contributed by atoms with Gasteiger partial charge in [-0.1, -0.05) is 0 Å². The van der Waals surface area contributed by atoms with Gasteiger partial charge in [0.1, 0.15) is 5.75 Å². The van der Waals surface area contributed by atoms with E-state index in [9.17, 15) is 4.79 Å². The van der Waals surface area contributed by atoms with Crippen LogP contribution in [0.15, 0.2) is 12.1 Å². The fourth-order valence-electron chi connectivity index (χ4n) is 3.89. The van der Waals surface area contributed by atoms with Gasteiger partial charge >= 0.3 is 0 Å². The molecule has 1 aromatic carbocycles. The van der Waals surface area contributed by atoms with Crippen molar-refractivity contribution in [1.82, 2.24) is 4.90 Å². The van der Waals surface area contributed by atoms with Crippen LogP contribution in [0.1, 0.15) is 60.0 Å². The summed E-state index contributed by atoms with van der Waals surface area (Å²) < 4.78 is 5.48. The molecule has 2 aliphatic rings. The molecule has 0 atom stereocenters. The molecular weight excluding hydrogens is 274 g/mol. The highest BCUT2D eigenvalue weighted by molar-refractivity contribution is 5.98. The zero-order valence-electron chi connectivity index (χ0n) is 13.7. The molecule has 0 N–H and O–H groups in total. The Hall–Kier alpha value is -1.35. The van der Waals surface area contributed by atoms with Crippen LogP contribution in [0.2, 0.25) is 0 Å². The summed E-state index contributed by atoms with van der Waals surface area (Å²) >= 11 is 0. The molecule has 3 rings (SSSR count). The van der Waals surface area contributed by atoms with E-state index in [1.807, 2.05) is 12.1 Å². The number of nitrogens with zero attached hydrogens (tertiary/aromatic N) is 1. The third-order valence-corrected chi connectivity index (χ3v) is 5.09. The van der Waals surface area contributed by atoms with Gasteiger partial charge in [0, 0.05) is 12.0 Å². The van der Waals surface area contributed by atoms with Gasteiger partial charge in [-0.05, 0) is 87.8 Å². The maximum Gasteiger partial charge on any atom is 0.163 e. The Morgan fingerprint density at radius 1 is 1.09 bits per heavy atom. The van der Waals surface area contributed by atoms with Crippen LogP contribution < -0.4 is 4.74 Å². The largest absolute Gasteiger partial charge is 0.496 e. The molecule has 22 heavy (non-hydrogen) atoms. The summed E-state index contributed by atoms with van der Waals surface area (Å²) in [6.07, 6.45) is 8.77. The van der Waals surface area contributed by atoms with Crippen LogP contribution in [0, 0.1) is 0 Å². The molecule has 1 fully saturated rings. The number of Topliss-reactive ketones (excluding diaryl/α,β-unsaturated/α-hetero) is 1. The van der Waals surface area contributed by atoms with Gasteiger partial charge in [-0.15, -0.1) is 0 Å². The van der Waals surface area contributed by atoms with E-state index in [-0.39, 0.29) is 0 Å². The lowest BCUT2D eigenvalue weighted by Gasteiger charge is -2.21. The van der Waals surface area contributed by atoms with Gasteiger partial charge < -0.3 is 9.64 Å². The SMILES string of the molecule is COc1ccc(C(=O)CCCN2CCCC2)c2c1CCCC2. The molecule has 1 saturated heterocycles. The lowest BCUT2D eigenvalue weighted by atomic mass is 9.85. The first kappa shape index (κ1) is 15.5. The first-order valence-electron chi connectivity index (χ1n) is 8.74. The van der Waals surface area contributed by atoms with Gasteiger partial charge in [0.2, 0.25) is 0 Å². The van der Waals surface area contributed by atoms with Crippen LogP contribution in [0.25, 0.3) is 0 Å². The van der Waals surface area contributed by atoms with Gasteiger partial charge in [0.05, 0.1) is 7.11 Å². The molecule has 0 amide bonds. The summed E-state index contributed by atoms with van der Waals surface area (Å²) in [6.45, 7) is 3.50. The van der Waals surface area contributed by atoms with Crippen LogP contribution in [0.3, 0.4) is 0 Å². The number of hydrogen-bond donors (Lipinski definition) is 0. The summed E-state index contributed by atoms with van der Waals surface area (Å²) in [5.41, 5.74) is 3.49. The average Bonchev–Trinajstić information content (AvgIpc) is 3.07. The highest BCUT2D eigenvalue weighted by Crippen LogP contribution is 2.32. The van der Waals surface area contributed by atoms with E-state index in [0.717, 1.165) is 37.1 Å². The first-order chi connectivity index (χ1) is 10.8. The van der Waals surface area contributed by atoms with Crippen molar-refractivity contribution in [2.75, 3.05) is 26.7 Å². The van der Waals surface area contributed by atoms with Crippen molar-refractivity contribution >= 4 is 5.78 Å². The Labute approximate surface area is 133 Å². The Balaban J connectivity index is 1.66. The minimum absolute atomic E-state index is 0.319. The maximum atomic E-state index is 12.6. The van der Waals surface area contributed by atoms with Gasteiger partial charge in [0.25, 0.3) is 0 Å². The van der Waals surface area contributed by atoms with Gasteiger partial charge in [-0.3, -0.25) is 4.79 Å². The molecule has 0 saturated carbocycles. The summed E-state index contributed by atoms with van der Waals surface area (Å²) in [4.78, 5) is 15.1. The molecule has 1 heterocycles. The van der Waals surface area contributed by atoms with E-state index in [0.29, 0.717) is 12.2 Å². The summed E-state index contributed by atoms with van der Waals surface area (Å²) in [7, 11) is 1.72. The van der Waals surface area contributed by atoms with Crippen molar-refractivity contribution in [2.24, 2.45) is 0 Å². The van der Waals surface area contributed by atoms with E-state index >= 15 is 0 Å². The second-order valence-electron chi connectivity index (χ2n) is 6.56. The lowest BCUT2D eigenvalue weighted by molar-refractivity contribution is 0.0975. The summed E-state index contributed by atoms with van der Waals surface area (Å²) in [5.74, 6) is 1.28. The fourth-order valence-corrected chi connectivity index (χ4v) is 3.89. The molecule has 0 aromatic heterocycles. The molecule has 0 radical (unpaired) electrons. The van der Waals surface area contributed by atoms with E-state index in [1.165, 1.54) is 49.9 Å². The number of ether oxygens (including phenoxy) is 1. The van der Waals surface area contributed by atoms with Crippen molar-refractivity contribution in [2.45, 2.75) is 51.4 Å². The molecule has 120 valence electrons. The number of likely N-dealkylation sites (tertiary alicyclic amines) is 1. The number of benzene rings is 1. The molecule has 1 aliphatic carbocycles. The monoisotopic (exact) mass is 301 g/mol. The standard InChI is InChI=1S/C19H27NO2/c1-22-19-11-10-16(15-7-2-3-8-17(15)19)18(21)9-6-14-20-12-4-5-13-20/h10-11H,2-9,12-14H2,1H3. The molecule has 0 bridgehead atoms. The second-order valence-corrected chi connectivity index (χ2v) is 6.56. The quantitative estimate of drug-likeness (QED) is 0.751. The van der Waals surface area contributed by atoms with Crippen LogP contribution in [0.4, 0.5) is 0 Å². The topological polar surface area (TPSA) is 29.5 Å². The minimum atomic E-state index is 0.319. The zero-order valence-corrected chi connectivity index (χ0v) is 13.7. The van der Waals surface area contributed by atoms with Crippen LogP contribution >= 0.6 is 0 Å². The summed E-state index contributed by atoms with van der Waals surface area (Å²) in [5, 5.41) is 0. The Bertz CT molecular complexity index is 532. The molecule has 3 nitrogen and oxygen atoms in total. The van der Waals surface area contributed by atoms with Gasteiger partial charge in [-0.25, -0.2) is 0 Å². The number of methoxy groups -OCH3 is 1. The van der Waals surface area contributed by atoms with Gasteiger partial charge in [0.15, 0.2) is 5.78 Å². The third-order valence-electron chi connectivity index (χ3n) is 5.09. The van der Waals surface area contributed by atoms with Crippen molar-refractivity contribution in [3.63, 3.8) is 0 Å². The molecule has 0 unspecified atom stereocenters. The Morgan fingerprint density at radius 2 is 1.82 bits per heavy atom. The molecule has 1 aliphatic heterocycles. The second kappa shape index (κ2) is 7.28. The van der Waals surface area contributed by atoms with E-state index in [1.54, 1.807) is 7.11 Å². The first-order valence-corrected chi connectivity index (χ1v) is 8.74. The fraction of sp³-hybridized carbons (Fsp3) is 0.632. The average molecular weight is 301 g/mol. The summed E-state index contributed by atoms with van der Waals surface area (Å²) in [6, 6.07) is 3.97. The van der Waals surface area contributed by atoms with Crippen molar-refractivity contribution in [3.8, 4) is 5.75 Å². The highest BCUT2D eigenvalue weighted by atomic mass is 16.5.